The van der Waals surface area contributed by atoms with E-state index in [9.17, 15) is 4.39 Å². The summed E-state index contributed by atoms with van der Waals surface area (Å²) in [6, 6.07) is 5.43. The molecule has 2 rings (SSSR count). The van der Waals surface area contributed by atoms with E-state index in [0.717, 1.165) is 11.3 Å². The first-order valence-electron chi connectivity index (χ1n) is 7.43. The minimum absolute atomic E-state index is 0.0328. The molecule has 0 saturated carbocycles. The summed E-state index contributed by atoms with van der Waals surface area (Å²) in [5.74, 6) is 0.526. The predicted molar refractivity (Wildman–Crippen MR) is 83.8 cm³/mol. The van der Waals surface area contributed by atoms with E-state index in [1.807, 2.05) is 24.7 Å². The van der Waals surface area contributed by atoms with Gasteiger partial charge in [0.1, 0.15) is 5.82 Å². The Morgan fingerprint density at radius 1 is 1.29 bits per heavy atom. The van der Waals surface area contributed by atoms with Crippen molar-refractivity contribution in [2.45, 2.75) is 39.7 Å². The van der Waals surface area contributed by atoms with Crippen LogP contribution in [0.25, 0.3) is 0 Å². The SMILES string of the molecule is Cc1ccc(C(C)n2cncc2C(CN)C(C)C)cc1F. The number of halogens is 1. The molecule has 1 aromatic heterocycles. The number of imidazole rings is 1. The summed E-state index contributed by atoms with van der Waals surface area (Å²) in [4.78, 5) is 4.27. The molecule has 0 radical (unpaired) electrons. The Kier molecular flexibility index (Phi) is 4.78. The summed E-state index contributed by atoms with van der Waals surface area (Å²) >= 11 is 0. The highest BCUT2D eigenvalue weighted by atomic mass is 19.1. The maximum absolute atomic E-state index is 13.8. The van der Waals surface area contributed by atoms with Crippen LogP contribution >= 0.6 is 0 Å². The summed E-state index contributed by atoms with van der Waals surface area (Å²) < 4.78 is 15.9. The van der Waals surface area contributed by atoms with E-state index in [0.29, 0.717) is 18.0 Å². The number of aromatic nitrogens is 2. The highest BCUT2D eigenvalue weighted by Crippen LogP contribution is 2.28. The van der Waals surface area contributed by atoms with Gasteiger partial charge in [-0.2, -0.15) is 0 Å². The number of benzene rings is 1. The van der Waals surface area contributed by atoms with Crippen molar-refractivity contribution >= 4 is 0 Å². The van der Waals surface area contributed by atoms with Gasteiger partial charge >= 0.3 is 0 Å². The van der Waals surface area contributed by atoms with Gasteiger partial charge in [-0.3, -0.25) is 0 Å². The fourth-order valence-electron chi connectivity index (χ4n) is 2.69. The molecular weight excluding hydrogens is 265 g/mol. The van der Waals surface area contributed by atoms with E-state index in [1.165, 1.54) is 0 Å². The number of rotatable bonds is 5. The van der Waals surface area contributed by atoms with Gasteiger partial charge in [-0.1, -0.05) is 26.0 Å². The third-order valence-corrected chi connectivity index (χ3v) is 4.23. The normalized spacial score (nSPS) is 14.4. The van der Waals surface area contributed by atoms with Gasteiger partial charge in [-0.15, -0.1) is 0 Å². The Morgan fingerprint density at radius 2 is 2.00 bits per heavy atom. The number of nitrogens with zero attached hydrogens (tertiary/aromatic N) is 2. The summed E-state index contributed by atoms with van der Waals surface area (Å²) in [5.41, 5.74) is 8.63. The minimum atomic E-state index is -0.166. The van der Waals surface area contributed by atoms with Crippen molar-refractivity contribution in [2.24, 2.45) is 11.7 Å². The molecule has 0 fully saturated rings. The van der Waals surface area contributed by atoms with Gasteiger partial charge in [0.15, 0.2) is 0 Å². The zero-order valence-electron chi connectivity index (χ0n) is 13.2. The Morgan fingerprint density at radius 3 is 2.57 bits per heavy atom. The molecule has 0 amide bonds. The second-order valence-corrected chi connectivity index (χ2v) is 6.00. The quantitative estimate of drug-likeness (QED) is 0.913. The first-order valence-corrected chi connectivity index (χ1v) is 7.43. The van der Waals surface area contributed by atoms with Crippen LogP contribution < -0.4 is 5.73 Å². The fraction of sp³-hybridized carbons (Fsp3) is 0.471. The zero-order chi connectivity index (χ0) is 15.6. The maximum atomic E-state index is 13.8. The molecule has 4 heteroatoms. The van der Waals surface area contributed by atoms with Crippen LogP contribution in [0.3, 0.4) is 0 Å². The van der Waals surface area contributed by atoms with E-state index in [2.05, 4.69) is 30.3 Å². The third-order valence-electron chi connectivity index (χ3n) is 4.23. The van der Waals surface area contributed by atoms with Gasteiger partial charge < -0.3 is 10.3 Å². The topological polar surface area (TPSA) is 43.8 Å². The summed E-state index contributed by atoms with van der Waals surface area (Å²) in [6.07, 6.45) is 3.68. The largest absolute Gasteiger partial charge is 0.330 e. The van der Waals surface area contributed by atoms with Crippen molar-refractivity contribution in [1.82, 2.24) is 9.55 Å². The van der Waals surface area contributed by atoms with Crippen LogP contribution in [0.15, 0.2) is 30.7 Å². The van der Waals surface area contributed by atoms with Crippen LogP contribution in [0.1, 0.15) is 49.6 Å². The van der Waals surface area contributed by atoms with Crippen LogP contribution in [0.5, 0.6) is 0 Å². The average molecular weight is 289 g/mol. The highest BCUT2D eigenvalue weighted by molar-refractivity contribution is 5.27. The summed E-state index contributed by atoms with van der Waals surface area (Å²) in [5, 5.41) is 0. The first-order chi connectivity index (χ1) is 9.95. The maximum Gasteiger partial charge on any atom is 0.126 e. The summed E-state index contributed by atoms with van der Waals surface area (Å²) in [6.45, 7) is 8.73. The van der Waals surface area contributed by atoms with Crippen LogP contribution in [-0.4, -0.2) is 16.1 Å². The van der Waals surface area contributed by atoms with E-state index < -0.39 is 0 Å². The van der Waals surface area contributed by atoms with Crippen molar-refractivity contribution < 1.29 is 4.39 Å². The minimum Gasteiger partial charge on any atom is -0.330 e. The second-order valence-electron chi connectivity index (χ2n) is 6.00. The number of aryl methyl sites for hydroxylation is 1. The molecule has 2 atom stereocenters. The first kappa shape index (κ1) is 15.7. The van der Waals surface area contributed by atoms with Crippen molar-refractivity contribution in [1.29, 1.82) is 0 Å². The van der Waals surface area contributed by atoms with Crippen LogP contribution in [0, 0.1) is 18.7 Å². The van der Waals surface area contributed by atoms with Gasteiger partial charge in [0.05, 0.1) is 12.4 Å². The molecule has 0 spiro atoms. The van der Waals surface area contributed by atoms with Gasteiger partial charge in [0, 0.05) is 24.4 Å². The smallest absolute Gasteiger partial charge is 0.126 e. The number of nitrogens with two attached hydrogens (primary N) is 1. The molecular formula is C17H24FN3. The van der Waals surface area contributed by atoms with Gasteiger partial charge in [-0.25, -0.2) is 9.37 Å². The molecule has 2 N–H and O–H groups in total. The Labute approximate surface area is 126 Å². The second kappa shape index (κ2) is 6.39. The Bertz CT molecular complexity index is 604. The Hall–Kier alpha value is -1.68. The molecule has 2 aromatic rings. The van der Waals surface area contributed by atoms with E-state index in [4.69, 9.17) is 5.73 Å². The van der Waals surface area contributed by atoms with Crippen molar-refractivity contribution in [3.05, 3.63) is 53.4 Å². The van der Waals surface area contributed by atoms with Crippen LogP contribution in [0.4, 0.5) is 4.39 Å². The number of hydrogen-bond donors (Lipinski definition) is 1. The van der Waals surface area contributed by atoms with Crippen molar-refractivity contribution in [3.8, 4) is 0 Å². The molecule has 1 aromatic carbocycles. The lowest BCUT2D eigenvalue weighted by Crippen LogP contribution is -2.22. The van der Waals surface area contributed by atoms with E-state index in [-0.39, 0.29) is 17.8 Å². The fourth-order valence-corrected chi connectivity index (χ4v) is 2.69. The Balaban J connectivity index is 2.38. The van der Waals surface area contributed by atoms with Gasteiger partial charge in [-0.05, 0) is 37.0 Å². The molecule has 0 aliphatic carbocycles. The van der Waals surface area contributed by atoms with Crippen LogP contribution in [0.2, 0.25) is 0 Å². The lowest BCUT2D eigenvalue weighted by molar-refractivity contribution is 0.462. The molecule has 2 unspecified atom stereocenters. The molecule has 0 bridgehead atoms. The van der Waals surface area contributed by atoms with Crippen molar-refractivity contribution in [3.63, 3.8) is 0 Å². The van der Waals surface area contributed by atoms with Crippen molar-refractivity contribution in [2.75, 3.05) is 6.54 Å². The molecule has 0 aliphatic rings. The van der Waals surface area contributed by atoms with Gasteiger partial charge in [0.2, 0.25) is 0 Å². The zero-order valence-corrected chi connectivity index (χ0v) is 13.2. The van der Waals surface area contributed by atoms with E-state index in [1.54, 1.807) is 13.0 Å². The molecule has 0 aliphatic heterocycles. The average Bonchev–Trinajstić information content (AvgIpc) is 2.90. The molecule has 3 nitrogen and oxygen atoms in total. The molecule has 21 heavy (non-hydrogen) atoms. The van der Waals surface area contributed by atoms with E-state index >= 15 is 0 Å². The monoisotopic (exact) mass is 289 g/mol. The molecule has 114 valence electrons. The predicted octanol–water partition coefficient (Wildman–Crippen LogP) is 3.64. The van der Waals surface area contributed by atoms with Gasteiger partial charge in [0.25, 0.3) is 0 Å². The lowest BCUT2D eigenvalue weighted by Gasteiger charge is -2.24. The standard InChI is InChI=1S/C17H24FN3/c1-11(2)15(8-19)17-9-20-10-21(17)13(4)14-6-5-12(3)16(18)7-14/h5-7,9-11,13,15H,8,19H2,1-4H3. The lowest BCUT2D eigenvalue weighted by atomic mass is 9.92. The van der Waals surface area contributed by atoms with Crippen LogP contribution in [-0.2, 0) is 0 Å². The summed E-state index contributed by atoms with van der Waals surface area (Å²) in [7, 11) is 0. The third kappa shape index (κ3) is 3.16. The molecule has 0 saturated heterocycles. The molecule has 1 heterocycles. The number of hydrogen-bond acceptors (Lipinski definition) is 2. The highest BCUT2D eigenvalue weighted by Gasteiger charge is 2.21.